The second-order valence-corrected chi connectivity index (χ2v) is 5.79. The number of azo groups is 1. The smallest absolute Gasteiger partial charge is 0.322 e. The zero-order valence-electron chi connectivity index (χ0n) is 13.8. The topological polar surface area (TPSA) is 108 Å². The van der Waals surface area contributed by atoms with Gasteiger partial charge in [0.25, 0.3) is 5.91 Å². The molecule has 0 heterocycles. The van der Waals surface area contributed by atoms with E-state index in [4.69, 9.17) is 16.7 Å². The van der Waals surface area contributed by atoms with Crippen molar-refractivity contribution >= 4 is 34.9 Å². The number of carbonyl (C=O) groups is 3. The van der Waals surface area contributed by atoms with Crippen LogP contribution in [-0.4, -0.2) is 34.8 Å². The largest absolute Gasteiger partial charge is 0.480 e. The lowest BCUT2D eigenvalue weighted by molar-refractivity contribution is -0.137. The highest BCUT2D eigenvalue weighted by Crippen LogP contribution is 2.24. The summed E-state index contributed by atoms with van der Waals surface area (Å²) in [7, 11) is 0. The van der Waals surface area contributed by atoms with Crippen molar-refractivity contribution in [2.45, 2.75) is 12.4 Å². The molecule has 2 rings (SSSR count). The Hall–Kier alpha value is -3.06. The van der Waals surface area contributed by atoms with Gasteiger partial charge in [-0.15, -0.1) is 0 Å². The zero-order chi connectivity index (χ0) is 19.1. The van der Waals surface area contributed by atoms with Crippen LogP contribution in [0.15, 0.2) is 58.8 Å². The SMILES string of the molecule is Cc1ccc(N=NC(Cl)C(=O)NCC(=O)O)c(C(=O)c2ccccc2)c1. The molecule has 7 nitrogen and oxygen atoms in total. The molecular formula is C18H16ClN3O4. The molecule has 0 aliphatic heterocycles. The molecule has 0 saturated carbocycles. The molecule has 0 aromatic heterocycles. The minimum absolute atomic E-state index is 0.232. The average molecular weight is 374 g/mol. The van der Waals surface area contributed by atoms with Crippen molar-refractivity contribution < 1.29 is 19.5 Å². The van der Waals surface area contributed by atoms with Gasteiger partial charge in [-0.05, 0) is 19.1 Å². The van der Waals surface area contributed by atoms with Crippen LogP contribution in [0.25, 0.3) is 0 Å². The molecule has 0 radical (unpaired) electrons. The average Bonchev–Trinajstić information content (AvgIpc) is 2.64. The Labute approximate surface area is 154 Å². The van der Waals surface area contributed by atoms with Crippen LogP contribution in [0, 0.1) is 6.92 Å². The number of benzene rings is 2. The van der Waals surface area contributed by atoms with Gasteiger partial charge in [-0.25, -0.2) is 0 Å². The fraction of sp³-hybridized carbons (Fsp3) is 0.167. The Morgan fingerprint density at radius 3 is 2.50 bits per heavy atom. The molecule has 1 unspecified atom stereocenters. The van der Waals surface area contributed by atoms with Crippen molar-refractivity contribution in [2.24, 2.45) is 10.2 Å². The number of carbonyl (C=O) groups excluding carboxylic acids is 2. The number of aryl methyl sites for hydroxylation is 1. The molecule has 0 aliphatic carbocycles. The molecule has 0 fully saturated rings. The van der Waals surface area contributed by atoms with E-state index in [1.54, 1.807) is 42.5 Å². The summed E-state index contributed by atoms with van der Waals surface area (Å²) in [5, 5.41) is 18.2. The third kappa shape index (κ3) is 5.22. The first-order chi connectivity index (χ1) is 12.4. The van der Waals surface area contributed by atoms with Crippen molar-refractivity contribution in [1.82, 2.24) is 5.32 Å². The Bertz CT molecular complexity index is 853. The molecule has 2 aromatic rings. The number of nitrogens with one attached hydrogen (secondary N) is 1. The Balaban J connectivity index is 2.23. The Morgan fingerprint density at radius 2 is 1.85 bits per heavy atom. The van der Waals surface area contributed by atoms with E-state index in [1.165, 1.54) is 0 Å². The van der Waals surface area contributed by atoms with Gasteiger partial charge in [0.1, 0.15) is 6.54 Å². The summed E-state index contributed by atoms with van der Waals surface area (Å²) in [5.74, 6) is -2.22. The summed E-state index contributed by atoms with van der Waals surface area (Å²) in [6.07, 6.45) is 0. The number of rotatable bonds is 7. The van der Waals surface area contributed by atoms with E-state index in [2.05, 4.69) is 15.5 Å². The van der Waals surface area contributed by atoms with E-state index in [0.29, 0.717) is 11.1 Å². The number of hydrogen-bond acceptors (Lipinski definition) is 5. The van der Waals surface area contributed by atoms with E-state index < -0.39 is 23.9 Å². The van der Waals surface area contributed by atoms with Crippen molar-refractivity contribution in [3.8, 4) is 0 Å². The summed E-state index contributed by atoms with van der Waals surface area (Å²) in [6, 6.07) is 13.7. The van der Waals surface area contributed by atoms with E-state index in [-0.39, 0.29) is 11.5 Å². The van der Waals surface area contributed by atoms with Gasteiger partial charge in [-0.2, -0.15) is 10.2 Å². The molecular weight excluding hydrogens is 358 g/mol. The maximum atomic E-state index is 12.7. The number of halogens is 1. The fourth-order valence-electron chi connectivity index (χ4n) is 2.08. The standard InChI is InChI=1S/C18H16ClN3O4/c1-11-7-8-14(21-22-17(19)18(26)20-10-15(23)24)13(9-11)16(25)12-5-3-2-4-6-12/h2-9,17H,10H2,1H3,(H,20,26)(H,23,24). The van der Waals surface area contributed by atoms with E-state index in [9.17, 15) is 14.4 Å². The lowest BCUT2D eigenvalue weighted by Gasteiger charge is -2.07. The van der Waals surface area contributed by atoms with E-state index >= 15 is 0 Å². The van der Waals surface area contributed by atoms with Crippen LogP contribution >= 0.6 is 11.6 Å². The van der Waals surface area contributed by atoms with Crippen molar-refractivity contribution in [2.75, 3.05) is 6.54 Å². The highest BCUT2D eigenvalue weighted by Gasteiger charge is 2.17. The summed E-state index contributed by atoms with van der Waals surface area (Å²) in [5.41, 5.74) is 0.548. The summed E-state index contributed by atoms with van der Waals surface area (Å²) in [6.45, 7) is 1.27. The van der Waals surface area contributed by atoms with Gasteiger partial charge in [-0.3, -0.25) is 14.4 Å². The lowest BCUT2D eigenvalue weighted by Crippen LogP contribution is -2.34. The van der Waals surface area contributed by atoms with E-state index in [1.807, 2.05) is 13.0 Å². The first-order valence-electron chi connectivity index (χ1n) is 7.63. The molecule has 0 saturated heterocycles. The van der Waals surface area contributed by atoms with Gasteiger partial charge >= 0.3 is 5.97 Å². The lowest BCUT2D eigenvalue weighted by atomic mass is 10.00. The minimum atomic E-state index is -1.41. The maximum absolute atomic E-state index is 12.7. The molecule has 1 atom stereocenters. The predicted molar refractivity (Wildman–Crippen MR) is 95.9 cm³/mol. The number of hydrogen-bond donors (Lipinski definition) is 2. The zero-order valence-corrected chi connectivity index (χ0v) is 14.6. The predicted octanol–water partition coefficient (Wildman–Crippen LogP) is 3.08. The molecule has 0 spiro atoms. The fourth-order valence-corrected chi connectivity index (χ4v) is 2.20. The molecule has 134 valence electrons. The highest BCUT2D eigenvalue weighted by molar-refractivity contribution is 6.30. The van der Waals surface area contributed by atoms with Crippen LogP contribution in [0.4, 0.5) is 5.69 Å². The van der Waals surface area contributed by atoms with Crippen LogP contribution in [0.3, 0.4) is 0 Å². The summed E-state index contributed by atoms with van der Waals surface area (Å²) in [4.78, 5) is 34.8. The molecule has 0 bridgehead atoms. The highest BCUT2D eigenvalue weighted by atomic mass is 35.5. The first-order valence-corrected chi connectivity index (χ1v) is 8.07. The van der Waals surface area contributed by atoms with Gasteiger partial charge in [-0.1, -0.05) is 53.6 Å². The van der Waals surface area contributed by atoms with Crippen LogP contribution in [0.1, 0.15) is 21.5 Å². The second kappa shape index (κ2) is 8.87. The number of carboxylic acid groups (broad SMARTS) is 1. The van der Waals surface area contributed by atoms with Crippen molar-refractivity contribution in [1.29, 1.82) is 0 Å². The van der Waals surface area contributed by atoms with Gasteiger partial charge in [0, 0.05) is 5.56 Å². The number of ketones is 1. The number of amides is 1. The normalized spacial score (nSPS) is 11.9. The Kier molecular flexibility index (Phi) is 6.57. The Morgan fingerprint density at radius 1 is 1.15 bits per heavy atom. The van der Waals surface area contributed by atoms with Crippen LogP contribution in [0.2, 0.25) is 0 Å². The second-order valence-electron chi connectivity index (χ2n) is 5.38. The molecule has 2 aromatic carbocycles. The number of carboxylic acids is 1. The first kappa shape index (κ1) is 19.3. The van der Waals surface area contributed by atoms with Crippen LogP contribution in [-0.2, 0) is 9.59 Å². The summed E-state index contributed by atoms with van der Waals surface area (Å²) < 4.78 is 0. The molecule has 1 amide bonds. The third-order valence-corrected chi connectivity index (χ3v) is 3.62. The van der Waals surface area contributed by atoms with Gasteiger partial charge < -0.3 is 10.4 Å². The molecule has 26 heavy (non-hydrogen) atoms. The van der Waals surface area contributed by atoms with Crippen molar-refractivity contribution in [3.05, 3.63) is 65.2 Å². The monoisotopic (exact) mass is 373 g/mol. The van der Waals surface area contributed by atoms with Gasteiger partial charge in [0.15, 0.2) is 5.78 Å². The van der Waals surface area contributed by atoms with Crippen LogP contribution in [0.5, 0.6) is 0 Å². The number of aliphatic carboxylic acids is 1. The van der Waals surface area contributed by atoms with Crippen molar-refractivity contribution in [3.63, 3.8) is 0 Å². The van der Waals surface area contributed by atoms with Gasteiger partial charge in [0.05, 0.1) is 11.3 Å². The summed E-state index contributed by atoms with van der Waals surface area (Å²) >= 11 is 5.79. The number of alkyl halides is 1. The third-order valence-electron chi connectivity index (χ3n) is 3.33. The molecule has 2 N–H and O–H groups in total. The minimum Gasteiger partial charge on any atom is -0.480 e. The van der Waals surface area contributed by atoms with Gasteiger partial charge in [0.2, 0.25) is 5.50 Å². The molecule has 8 heteroatoms. The maximum Gasteiger partial charge on any atom is 0.322 e. The van der Waals surface area contributed by atoms with E-state index in [0.717, 1.165) is 5.56 Å². The number of nitrogens with zero attached hydrogens (tertiary/aromatic N) is 2. The quantitative estimate of drug-likeness (QED) is 0.336. The van der Waals surface area contributed by atoms with Crippen LogP contribution < -0.4 is 5.32 Å². The molecule has 0 aliphatic rings.